The van der Waals surface area contributed by atoms with Gasteiger partial charge >= 0.3 is 0 Å². The number of fused-ring (bicyclic) bond motifs is 1. The maximum Gasteiger partial charge on any atom is 0.230 e. The van der Waals surface area contributed by atoms with Crippen LogP contribution in [-0.4, -0.2) is 26.9 Å². The molecular weight excluding hydrogens is 232 g/mol. The van der Waals surface area contributed by atoms with E-state index < -0.39 is 0 Å². The monoisotopic (exact) mass is 244 g/mol. The van der Waals surface area contributed by atoms with Crippen LogP contribution in [0.15, 0.2) is 42.4 Å². The van der Waals surface area contributed by atoms with Gasteiger partial charge in [0.05, 0.1) is 11.8 Å². The van der Waals surface area contributed by atoms with E-state index in [1.165, 1.54) is 5.57 Å². The molecule has 0 aromatic carbocycles. The Morgan fingerprint density at radius 3 is 3.18 bits per heavy atom. The Bertz CT molecular complexity index is 495. The summed E-state index contributed by atoms with van der Waals surface area (Å²) in [5, 5.41) is 0.387. The van der Waals surface area contributed by atoms with Gasteiger partial charge in [0.1, 0.15) is 0 Å². The molecule has 2 aliphatic heterocycles. The standard InChI is InChI=1S/C13H12N2OS/c16-12-6-13-15(12)8-11(9-17-13)4-3-10-2-1-5-14-7-10/h1-5,7-8,13H,6,9H2/t13-/m0/s1. The number of rotatable bonds is 2. The van der Waals surface area contributed by atoms with Crippen LogP contribution in [0.2, 0.25) is 0 Å². The predicted molar refractivity (Wildman–Crippen MR) is 69.1 cm³/mol. The molecule has 1 aromatic rings. The zero-order chi connectivity index (χ0) is 11.7. The second kappa shape index (κ2) is 4.37. The number of carbonyl (C=O) groups excluding carboxylic acids is 1. The molecule has 1 atom stereocenters. The van der Waals surface area contributed by atoms with Crippen molar-refractivity contribution in [1.82, 2.24) is 9.88 Å². The molecule has 4 heteroatoms. The lowest BCUT2D eigenvalue weighted by Crippen LogP contribution is -2.48. The molecule has 0 unspecified atom stereocenters. The normalized spacial score (nSPS) is 23.3. The first-order chi connectivity index (χ1) is 8.33. The van der Waals surface area contributed by atoms with Gasteiger partial charge in [-0.05, 0) is 17.2 Å². The van der Waals surface area contributed by atoms with Crippen molar-refractivity contribution in [1.29, 1.82) is 0 Å². The fourth-order valence-electron chi connectivity index (χ4n) is 1.87. The number of β-lactam (4-membered cyclic amide) rings is 1. The van der Waals surface area contributed by atoms with E-state index in [9.17, 15) is 4.79 Å². The Morgan fingerprint density at radius 2 is 2.41 bits per heavy atom. The average molecular weight is 244 g/mol. The molecule has 17 heavy (non-hydrogen) atoms. The summed E-state index contributed by atoms with van der Waals surface area (Å²) in [6, 6.07) is 3.93. The smallest absolute Gasteiger partial charge is 0.230 e. The van der Waals surface area contributed by atoms with Gasteiger partial charge in [-0.15, -0.1) is 11.8 Å². The topological polar surface area (TPSA) is 33.2 Å². The predicted octanol–water partition coefficient (Wildman–Crippen LogP) is 2.28. The fourth-order valence-corrected chi connectivity index (χ4v) is 3.03. The van der Waals surface area contributed by atoms with E-state index in [-0.39, 0.29) is 5.91 Å². The maximum atomic E-state index is 11.3. The fraction of sp³-hybridized carbons (Fsp3) is 0.231. The average Bonchev–Trinajstić information content (AvgIpc) is 2.37. The highest BCUT2D eigenvalue weighted by atomic mass is 32.2. The van der Waals surface area contributed by atoms with Crippen molar-refractivity contribution in [3.05, 3.63) is 47.9 Å². The number of amides is 1. The lowest BCUT2D eigenvalue weighted by Gasteiger charge is -2.40. The zero-order valence-corrected chi connectivity index (χ0v) is 10.1. The molecule has 86 valence electrons. The first-order valence-electron chi connectivity index (χ1n) is 5.54. The minimum absolute atomic E-state index is 0.231. The van der Waals surface area contributed by atoms with Gasteiger partial charge in [0, 0.05) is 24.3 Å². The Labute approximate surface area is 104 Å². The zero-order valence-electron chi connectivity index (χ0n) is 9.24. The molecule has 1 saturated heterocycles. The van der Waals surface area contributed by atoms with Crippen LogP contribution in [0.5, 0.6) is 0 Å². The largest absolute Gasteiger partial charge is 0.306 e. The second-order valence-corrected chi connectivity index (χ2v) is 5.26. The van der Waals surface area contributed by atoms with Crippen molar-refractivity contribution >= 4 is 23.7 Å². The van der Waals surface area contributed by atoms with Crippen LogP contribution in [0, 0.1) is 0 Å². The number of pyridine rings is 1. The van der Waals surface area contributed by atoms with Gasteiger partial charge in [0.25, 0.3) is 0 Å². The summed E-state index contributed by atoms with van der Waals surface area (Å²) >= 11 is 1.83. The summed E-state index contributed by atoms with van der Waals surface area (Å²) in [5.74, 6) is 1.21. The van der Waals surface area contributed by atoms with Crippen molar-refractivity contribution < 1.29 is 4.79 Å². The summed E-state index contributed by atoms with van der Waals surface area (Å²) in [5.41, 5.74) is 2.26. The van der Waals surface area contributed by atoms with E-state index >= 15 is 0 Å². The number of hydrogen-bond donors (Lipinski definition) is 0. The molecule has 3 nitrogen and oxygen atoms in total. The quantitative estimate of drug-likeness (QED) is 0.748. The summed E-state index contributed by atoms with van der Waals surface area (Å²) < 4.78 is 0. The van der Waals surface area contributed by atoms with Gasteiger partial charge < -0.3 is 4.90 Å². The van der Waals surface area contributed by atoms with Crippen LogP contribution in [-0.2, 0) is 4.79 Å². The number of carbonyl (C=O) groups is 1. The van der Waals surface area contributed by atoms with Crippen LogP contribution in [0.1, 0.15) is 12.0 Å². The van der Waals surface area contributed by atoms with Gasteiger partial charge in [-0.2, -0.15) is 0 Å². The van der Waals surface area contributed by atoms with E-state index in [0.717, 1.165) is 11.3 Å². The number of nitrogens with zero attached hydrogens (tertiary/aromatic N) is 2. The molecule has 0 N–H and O–H groups in total. The molecule has 1 aromatic heterocycles. The second-order valence-electron chi connectivity index (χ2n) is 4.09. The first-order valence-corrected chi connectivity index (χ1v) is 6.59. The molecule has 0 saturated carbocycles. The molecule has 1 amide bonds. The van der Waals surface area contributed by atoms with Crippen molar-refractivity contribution in [3.63, 3.8) is 0 Å². The summed E-state index contributed by atoms with van der Waals surface area (Å²) in [7, 11) is 0. The van der Waals surface area contributed by atoms with E-state index in [0.29, 0.717) is 11.8 Å². The van der Waals surface area contributed by atoms with Crippen molar-refractivity contribution in [3.8, 4) is 0 Å². The number of thioether (sulfide) groups is 1. The number of aromatic nitrogens is 1. The Morgan fingerprint density at radius 1 is 1.47 bits per heavy atom. The minimum atomic E-state index is 0.231. The minimum Gasteiger partial charge on any atom is -0.306 e. The molecule has 0 aliphatic carbocycles. The highest BCUT2D eigenvalue weighted by Gasteiger charge is 2.37. The molecule has 3 heterocycles. The molecule has 0 spiro atoms. The Hall–Kier alpha value is -1.55. The van der Waals surface area contributed by atoms with Gasteiger partial charge in [-0.3, -0.25) is 9.78 Å². The highest BCUT2D eigenvalue weighted by molar-refractivity contribution is 8.00. The summed E-state index contributed by atoms with van der Waals surface area (Å²) in [6.07, 6.45) is 10.3. The van der Waals surface area contributed by atoms with Crippen LogP contribution in [0.25, 0.3) is 6.08 Å². The van der Waals surface area contributed by atoms with Crippen LogP contribution >= 0.6 is 11.8 Å². The van der Waals surface area contributed by atoms with Gasteiger partial charge in [-0.1, -0.05) is 18.2 Å². The van der Waals surface area contributed by atoms with E-state index in [1.807, 2.05) is 47.3 Å². The molecule has 1 fully saturated rings. The molecule has 0 bridgehead atoms. The van der Waals surface area contributed by atoms with E-state index in [1.54, 1.807) is 6.20 Å². The third kappa shape index (κ3) is 2.13. The van der Waals surface area contributed by atoms with Crippen molar-refractivity contribution in [2.45, 2.75) is 11.8 Å². The Balaban J connectivity index is 1.74. The number of hydrogen-bond acceptors (Lipinski definition) is 3. The van der Waals surface area contributed by atoms with Crippen LogP contribution in [0.4, 0.5) is 0 Å². The lowest BCUT2D eigenvalue weighted by atomic mass is 10.1. The van der Waals surface area contributed by atoms with Crippen molar-refractivity contribution in [2.24, 2.45) is 0 Å². The van der Waals surface area contributed by atoms with Crippen LogP contribution in [0.3, 0.4) is 0 Å². The highest BCUT2D eigenvalue weighted by Crippen LogP contribution is 2.35. The maximum absolute atomic E-state index is 11.3. The van der Waals surface area contributed by atoms with Crippen LogP contribution < -0.4 is 0 Å². The van der Waals surface area contributed by atoms with Crippen molar-refractivity contribution in [2.75, 3.05) is 5.75 Å². The molecule has 3 rings (SSSR count). The van der Waals surface area contributed by atoms with Gasteiger partial charge in [0.15, 0.2) is 0 Å². The molecule has 2 aliphatic rings. The first kappa shape index (κ1) is 10.6. The molecule has 0 radical (unpaired) electrons. The van der Waals surface area contributed by atoms with E-state index in [4.69, 9.17) is 0 Å². The number of allylic oxidation sites excluding steroid dienone is 1. The lowest BCUT2D eigenvalue weighted by molar-refractivity contribution is -0.137. The SMILES string of the molecule is O=C1C[C@@H]2SCC(C=Cc3cccnc3)=CN12. The van der Waals surface area contributed by atoms with E-state index in [2.05, 4.69) is 11.1 Å². The van der Waals surface area contributed by atoms with Gasteiger partial charge in [0.2, 0.25) is 5.91 Å². The molecular formula is C13H12N2OS. The van der Waals surface area contributed by atoms with Gasteiger partial charge in [-0.25, -0.2) is 0 Å². The summed E-state index contributed by atoms with van der Waals surface area (Å²) in [4.78, 5) is 17.2. The summed E-state index contributed by atoms with van der Waals surface area (Å²) in [6.45, 7) is 0. The third-order valence-corrected chi connectivity index (χ3v) is 4.15. The third-order valence-electron chi connectivity index (χ3n) is 2.87. The Kier molecular flexibility index (Phi) is 2.73.